The van der Waals surface area contributed by atoms with Crippen molar-refractivity contribution in [1.29, 1.82) is 0 Å². The van der Waals surface area contributed by atoms with Gasteiger partial charge in [-0.05, 0) is 38.8 Å². The summed E-state index contributed by atoms with van der Waals surface area (Å²) in [6.07, 6.45) is 0.858. The van der Waals surface area contributed by atoms with Gasteiger partial charge in [0.05, 0.1) is 29.3 Å². The minimum absolute atomic E-state index is 0.128. The number of aryl methyl sites for hydroxylation is 5. The molecule has 0 aliphatic heterocycles. The monoisotopic (exact) mass is 394 g/mol. The van der Waals surface area contributed by atoms with Crippen LogP contribution in [-0.2, 0) is 24.8 Å². The van der Waals surface area contributed by atoms with Crippen LogP contribution in [0.15, 0.2) is 36.4 Å². The van der Waals surface area contributed by atoms with E-state index in [1.807, 2.05) is 43.7 Å². The van der Waals surface area contributed by atoms with E-state index in [4.69, 9.17) is 0 Å². The van der Waals surface area contributed by atoms with Crippen molar-refractivity contribution in [2.75, 3.05) is 11.9 Å². The first-order valence-corrected chi connectivity index (χ1v) is 9.51. The number of aromatic nitrogens is 4. The number of hydrogen-bond donors (Lipinski definition) is 2. The maximum atomic E-state index is 12.3. The van der Waals surface area contributed by atoms with Crippen LogP contribution in [0.5, 0.6) is 0 Å². The molecule has 29 heavy (non-hydrogen) atoms. The predicted octanol–water partition coefficient (Wildman–Crippen LogP) is 2.15. The van der Waals surface area contributed by atoms with Crippen molar-refractivity contribution in [2.45, 2.75) is 33.7 Å². The molecule has 8 heteroatoms. The van der Waals surface area contributed by atoms with Gasteiger partial charge in [-0.15, -0.1) is 0 Å². The molecule has 0 fully saturated rings. The Hall–Kier alpha value is -3.42. The number of nitrogens with zero attached hydrogens (tertiary/aromatic N) is 4. The average molecular weight is 394 g/mol. The van der Waals surface area contributed by atoms with Crippen LogP contribution in [0.2, 0.25) is 0 Å². The van der Waals surface area contributed by atoms with E-state index in [-0.39, 0.29) is 18.4 Å². The summed E-state index contributed by atoms with van der Waals surface area (Å²) in [7, 11) is 1.69. The molecule has 0 aliphatic carbocycles. The van der Waals surface area contributed by atoms with E-state index >= 15 is 0 Å². The highest BCUT2D eigenvalue weighted by molar-refractivity contribution is 5.99. The lowest BCUT2D eigenvalue weighted by atomic mass is 10.1. The molecule has 2 aromatic heterocycles. The summed E-state index contributed by atoms with van der Waals surface area (Å²) < 4.78 is 3.39. The lowest BCUT2D eigenvalue weighted by Crippen LogP contribution is -2.34. The van der Waals surface area contributed by atoms with E-state index in [0.717, 1.165) is 30.0 Å². The highest BCUT2D eigenvalue weighted by Crippen LogP contribution is 2.19. The number of carbonyl (C=O) groups excluding carboxylic acids is 2. The third-order valence-corrected chi connectivity index (χ3v) is 4.75. The minimum Gasteiger partial charge on any atom is -0.342 e. The molecule has 3 aromatic rings. The Morgan fingerprint density at radius 2 is 1.79 bits per heavy atom. The average Bonchev–Trinajstić information content (AvgIpc) is 3.17. The van der Waals surface area contributed by atoms with Gasteiger partial charge in [0.1, 0.15) is 5.69 Å². The van der Waals surface area contributed by atoms with E-state index in [1.54, 1.807) is 13.1 Å². The van der Waals surface area contributed by atoms with Crippen molar-refractivity contribution in [3.8, 4) is 0 Å². The van der Waals surface area contributed by atoms with E-state index < -0.39 is 0 Å². The summed E-state index contributed by atoms with van der Waals surface area (Å²) in [5.74, 6) is -0.638. The SMILES string of the molecule is Cc1cc(C(=O)NCC(=O)Nc2c(C)nn(CCc3ccccc3)c2C)n(C)n1. The molecule has 2 heterocycles. The fourth-order valence-electron chi connectivity index (χ4n) is 3.23. The van der Waals surface area contributed by atoms with E-state index in [2.05, 4.69) is 33.0 Å². The number of nitrogens with one attached hydrogen (secondary N) is 2. The molecule has 0 atom stereocenters. The van der Waals surface area contributed by atoms with Crippen molar-refractivity contribution < 1.29 is 9.59 Å². The fraction of sp³-hybridized carbons (Fsp3) is 0.333. The topological polar surface area (TPSA) is 93.8 Å². The Morgan fingerprint density at radius 1 is 1.07 bits per heavy atom. The lowest BCUT2D eigenvalue weighted by Gasteiger charge is -2.08. The first kappa shape index (κ1) is 20.3. The van der Waals surface area contributed by atoms with Gasteiger partial charge in [-0.1, -0.05) is 30.3 Å². The molecule has 0 aliphatic rings. The maximum Gasteiger partial charge on any atom is 0.269 e. The first-order valence-electron chi connectivity index (χ1n) is 9.51. The lowest BCUT2D eigenvalue weighted by molar-refractivity contribution is -0.115. The van der Waals surface area contributed by atoms with Crippen molar-refractivity contribution >= 4 is 17.5 Å². The molecule has 3 rings (SSSR count). The van der Waals surface area contributed by atoms with E-state index in [0.29, 0.717) is 11.4 Å². The number of benzene rings is 1. The predicted molar refractivity (Wildman–Crippen MR) is 111 cm³/mol. The van der Waals surface area contributed by atoms with Crippen LogP contribution in [0.4, 0.5) is 5.69 Å². The van der Waals surface area contributed by atoms with Gasteiger partial charge in [-0.3, -0.25) is 19.0 Å². The summed E-state index contributed by atoms with van der Waals surface area (Å²) in [5.41, 5.74) is 4.72. The fourth-order valence-corrected chi connectivity index (χ4v) is 3.23. The van der Waals surface area contributed by atoms with Gasteiger partial charge in [0.2, 0.25) is 5.91 Å². The van der Waals surface area contributed by atoms with Gasteiger partial charge >= 0.3 is 0 Å². The molecule has 1 aromatic carbocycles. The Bertz CT molecular complexity index is 1020. The smallest absolute Gasteiger partial charge is 0.269 e. The first-order chi connectivity index (χ1) is 13.8. The Morgan fingerprint density at radius 3 is 2.45 bits per heavy atom. The van der Waals surface area contributed by atoms with Crippen molar-refractivity contribution in [3.63, 3.8) is 0 Å². The molecular weight excluding hydrogens is 368 g/mol. The Balaban J connectivity index is 1.58. The minimum atomic E-state index is -0.338. The van der Waals surface area contributed by atoms with Crippen LogP contribution in [0.25, 0.3) is 0 Å². The van der Waals surface area contributed by atoms with E-state index in [9.17, 15) is 9.59 Å². The maximum absolute atomic E-state index is 12.3. The summed E-state index contributed by atoms with van der Waals surface area (Å²) >= 11 is 0. The summed E-state index contributed by atoms with van der Waals surface area (Å²) in [5, 5.41) is 14.2. The Kier molecular flexibility index (Phi) is 6.11. The molecule has 0 unspecified atom stereocenters. The molecular formula is C21H26N6O2. The second-order valence-electron chi connectivity index (χ2n) is 7.03. The van der Waals surface area contributed by atoms with Crippen LogP contribution in [-0.4, -0.2) is 37.9 Å². The number of hydrogen-bond acceptors (Lipinski definition) is 4. The third-order valence-electron chi connectivity index (χ3n) is 4.75. The Labute approximate surface area is 169 Å². The van der Waals surface area contributed by atoms with Gasteiger partial charge in [0.25, 0.3) is 5.91 Å². The summed E-state index contributed by atoms with van der Waals surface area (Å²) in [4.78, 5) is 24.6. The van der Waals surface area contributed by atoms with Crippen LogP contribution >= 0.6 is 0 Å². The van der Waals surface area contributed by atoms with Crippen molar-refractivity contribution in [1.82, 2.24) is 24.9 Å². The van der Waals surface area contributed by atoms with Crippen molar-refractivity contribution in [3.05, 3.63) is 64.7 Å². The van der Waals surface area contributed by atoms with Gasteiger partial charge in [0, 0.05) is 13.6 Å². The van der Waals surface area contributed by atoms with Gasteiger partial charge in [-0.25, -0.2) is 0 Å². The molecule has 0 radical (unpaired) electrons. The summed E-state index contributed by atoms with van der Waals surface area (Å²) in [6, 6.07) is 11.9. The third kappa shape index (κ3) is 4.90. The van der Waals surface area contributed by atoms with Crippen LogP contribution < -0.4 is 10.6 Å². The molecule has 0 bridgehead atoms. The molecule has 152 valence electrons. The zero-order chi connectivity index (χ0) is 21.0. The summed E-state index contributed by atoms with van der Waals surface area (Å²) in [6.45, 7) is 6.20. The normalized spacial score (nSPS) is 10.8. The molecule has 8 nitrogen and oxygen atoms in total. The number of amides is 2. The highest BCUT2D eigenvalue weighted by atomic mass is 16.2. The standard InChI is InChI=1S/C21H26N6O2/c1-14-12-18(26(4)24-14)21(29)22-13-19(28)23-20-15(2)25-27(16(20)3)11-10-17-8-6-5-7-9-17/h5-9,12H,10-11,13H2,1-4H3,(H,22,29)(H,23,28). The van der Waals surface area contributed by atoms with Gasteiger partial charge < -0.3 is 10.6 Å². The molecule has 0 saturated heterocycles. The molecule has 2 N–H and O–H groups in total. The molecule has 0 saturated carbocycles. The van der Waals surface area contributed by atoms with Crippen molar-refractivity contribution in [2.24, 2.45) is 7.05 Å². The van der Waals surface area contributed by atoms with E-state index in [1.165, 1.54) is 10.2 Å². The van der Waals surface area contributed by atoms with Crippen LogP contribution in [0.3, 0.4) is 0 Å². The zero-order valence-electron chi connectivity index (χ0n) is 17.2. The second kappa shape index (κ2) is 8.72. The van der Waals surface area contributed by atoms with Gasteiger partial charge in [-0.2, -0.15) is 10.2 Å². The van der Waals surface area contributed by atoms with Gasteiger partial charge in [0.15, 0.2) is 0 Å². The molecule has 0 spiro atoms. The zero-order valence-corrected chi connectivity index (χ0v) is 17.2. The highest BCUT2D eigenvalue weighted by Gasteiger charge is 2.16. The largest absolute Gasteiger partial charge is 0.342 e. The second-order valence-corrected chi connectivity index (χ2v) is 7.03. The van der Waals surface area contributed by atoms with Crippen LogP contribution in [0.1, 0.15) is 33.1 Å². The molecule has 2 amide bonds. The number of rotatable bonds is 7. The number of carbonyl (C=O) groups is 2. The quantitative estimate of drug-likeness (QED) is 0.642. The number of anilines is 1. The van der Waals surface area contributed by atoms with Crippen LogP contribution in [0, 0.1) is 20.8 Å².